The Morgan fingerprint density at radius 3 is 2.60 bits per heavy atom. The number of benzene rings is 1. The van der Waals surface area contributed by atoms with Gasteiger partial charge in [-0.15, -0.1) is 0 Å². The molecule has 1 unspecified atom stereocenters. The number of halogens is 3. The second-order valence-electron chi connectivity index (χ2n) is 5.79. The molecular formula is C17H16F3N5. The molecule has 25 heavy (non-hydrogen) atoms. The summed E-state index contributed by atoms with van der Waals surface area (Å²) in [6, 6.07) is 12.4. The lowest BCUT2D eigenvalue weighted by atomic mass is 10.1. The highest BCUT2D eigenvalue weighted by Gasteiger charge is 2.34. The largest absolute Gasteiger partial charge is 0.433 e. The monoisotopic (exact) mass is 347 g/mol. The summed E-state index contributed by atoms with van der Waals surface area (Å²) in [7, 11) is 0. The number of hydrogen-bond donors (Lipinski definition) is 0. The number of aromatic nitrogens is 2. The average Bonchev–Trinajstić information content (AvgIpc) is 2.62. The molecule has 5 nitrogen and oxygen atoms in total. The first-order valence-electron chi connectivity index (χ1n) is 7.80. The van der Waals surface area contributed by atoms with Crippen LogP contribution in [0, 0.1) is 11.3 Å². The van der Waals surface area contributed by atoms with E-state index < -0.39 is 17.9 Å². The van der Waals surface area contributed by atoms with Crippen molar-refractivity contribution in [1.82, 2.24) is 14.9 Å². The third kappa shape index (κ3) is 4.06. The lowest BCUT2D eigenvalue weighted by molar-refractivity contribution is -0.141. The number of hydrogen-bond acceptors (Lipinski definition) is 5. The fourth-order valence-corrected chi connectivity index (χ4v) is 2.79. The SMILES string of the molecule is N#CC1CN(c2nccc(C(F)(F)F)n2)CCN1Cc1ccccc1. The Balaban J connectivity index is 1.73. The van der Waals surface area contributed by atoms with Gasteiger partial charge in [-0.1, -0.05) is 30.3 Å². The van der Waals surface area contributed by atoms with Gasteiger partial charge in [-0.2, -0.15) is 18.4 Å². The average molecular weight is 347 g/mol. The Labute approximate surface area is 143 Å². The first-order valence-corrected chi connectivity index (χ1v) is 7.80. The first kappa shape index (κ1) is 17.2. The van der Waals surface area contributed by atoms with Crippen LogP contribution in [0.3, 0.4) is 0 Å². The second kappa shape index (κ2) is 7.07. The molecule has 0 N–H and O–H groups in total. The van der Waals surface area contributed by atoms with Gasteiger partial charge in [0.05, 0.1) is 6.07 Å². The van der Waals surface area contributed by atoms with Gasteiger partial charge in [-0.3, -0.25) is 4.90 Å². The van der Waals surface area contributed by atoms with Gasteiger partial charge in [-0.05, 0) is 11.6 Å². The molecule has 2 heterocycles. The molecule has 1 aromatic heterocycles. The maximum Gasteiger partial charge on any atom is 0.433 e. The van der Waals surface area contributed by atoms with E-state index in [1.54, 1.807) is 4.90 Å². The summed E-state index contributed by atoms with van der Waals surface area (Å²) in [5.74, 6) is 0.00874. The molecule has 0 amide bonds. The number of rotatable bonds is 3. The minimum absolute atomic E-state index is 0.00874. The quantitative estimate of drug-likeness (QED) is 0.854. The molecule has 1 aliphatic heterocycles. The molecule has 130 valence electrons. The molecule has 2 aromatic rings. The van der Waals surface area contributed by atoms with Crippen LogP contribution in [0.1, 0.15) is 11.3 Å². The van der Waals surface area contributed by atoms with Gasteiger partial charge < -0.3 is 4.90 Å². The van der Waals surface area contributed by atoms with Crippen LogP contribution in [-0.4, -0.2) is 40.5 Å². The van der Waals surface area contributed by atoms with Crippen molar-refractivity contribution >= 4 is 5.95 Å². The summed E-state index contributed by atoms with van der Waals surface area (Å²) >= 11 is 0. The molecule has 0 saturated carbocycles. The van der Waals surface area contributed by atoms with Crippen molar-refractivity contribution in [2.45, 2.75) is 18.8 Å². The van der Waals surface area contributed by atoms with Crippen LogP contribution in [0.15, 0.2) is 42.6 Å². The minimum Gasteiger partial charge on any atom is -0.337 e. The molecular weight excluding hydrogens is 331 g/mol. The Kier molecular flexibility index (Phi) is 4.86. The van der Waals surface area contributed by atoms with E-state index >= 15 is 0 Å². The van der Waals surface area contributed by atoms with Crippen molar-refractivity contribution in [3.8, 4) is 6.07 Å². The summed E-state index contributed by atoms with van der Waals surface area (Å²) in [5, 5.41) is 9.45. The maximum atomic E-state index is 12.8. The van der Waals surface area contributed by atoms with Crippen molar-refractivity contribution in [3.63, 3.8) is 0 Å². The summed E-state index contributed by atoms with van der Waals surface area (Å²) in [6.07, 6.45) is -3.41. The Morgan fingerprint density at radius 1 is 1.16 bits per heavy atom. The molecule has 3 rings (SSSR count). The smallest absolute Gasteiger partial charge is 0.337 e. The molecule has 8 heteroatoms. The molecule has 1 saturated heterocycles. The van der Waals surface area contributed by atoms with E-state index in [9.17, 15) is 18.4 Å². The highest BCUT2D eigenvalue weighted by Crippen LogP contribution is 2.28. The normalized spacial score (nSPS) is 18.8. The van der Waals surface area contributed by atoms with Crippen LogP contribution < -0.4 is 4.90 Å². The maximum absolute atomic E-state index is 12.8. The zero-order valence-corrected chi connectivity index (χ0v) is 13.3. The van der Waals surface area contributed by atoms with E-state index in [-0.39, 0.29) is 12.5 Å². The zero-order valence-electron chi connectivity index (χ0n) is 13.3. The van der Waals surface area contributed by atoms with Gasteiger partial charge in [0.2, 0.25) is 5.95 Å². The van der Waals surface area contributed by atoms with Gasteiger partial charge in [0, 0.05) is 32.4 Å². The lowest BCUT2D eigenvalue weighted by Gasteiger charge is -2.38. The highest BCUT2D eigenvalue weighted by molar-refractivity contribution is 5.33. The Hall–Kier alpha value is -2.66. The molecule has 0 aliphatic carbocycles. The topological polar surface area (TPSA) is 56.1 Å². The van der Waals surface area contributed by atoms with Crippen LogP contribution in [-0.2, 0) is 12.7 Å². The fraction of sp³-hybridized carbons (Fsp3) is 0.353. The summed E-state index contributed by atoms with van der Waals surface area (Å²) < 4.78 is 38.4. The molecule has 1 fully saturated rings. The molecule has 0 spiro atoms. The van der Waals surface area contributed by atoms with Crippen LogP contribution in [0.5, 0.6) is 0 Å². The molecule has 0 bridgehead atoms. The lowest BCUT2D eigenvalue weighted by Crippen LogP contribution is -2.52. The summed E-state index contributed by atoms with van der Waals surface area (Å²) in [5.41, 5.74) is 0.115. The summed E-state index contributed by atoms with van der Waals surface area (Å²) in [6.45, 7) is 1.90. The zero-order chi connectivity index (χ0) is 17.9. The molecule has 1 aromatic carbocycles. The van der Waals surface area contributed by atoms with Gasteiger partial charge in [0.25, 0.3) is 0 Å². The predicted molar refractivity (Wildman–Crippen MR) is 85.5 cm³/mol. The number of nitriles is 1. The van der Waals surface area contributed by atoms with E-state index in [1.807, 2.05) is 35.2 Å². The van der Waals surface area contributed by atoms with Crippen LogP contribution >= 0.6 is 0 Å². The van der Waals surface area contributed by atoms with Gasteiger partial charge in [0.1, 0.15) is 11.7 Å². The van der Waals surface area contributed by atoms with Crippen LogP contribution in [0.2, 0.25) is 0 Å². The third-order valence-corrected chi connectivity index (χ3v) is 4.08. The number of alkyl halides is 3. The highest BCUT2D eigenvalue weighted by atomic mass is 19.4. The first-order chi connectivity index (χ1) is 12.0. The van der Waals surface area contributed by atoms with Crippen molar-refractivity contribution in [3.05, 3.63) is 53.9 Å². The Bertz CT molecular complexity index is 757. The fourth-order valence-electron chi connectivity index (χ4n) is 2.79. The molecule has 1 atom stereocenters. The van der Waals surface area contributed by atoms with Crippen molar-refractivity contribution in [1.29, 1.82) is 5.26 Å². The number of nitrogens with zero attached hydrogens (tertiary/aromatic N) is 5. The van der Waals surface area contributed by atoms with E-state index in [2.05, 4.69) is 16.0 Å². The standard InChI is InChI=1S/C17H16F3N5/c18-17(19,20)15-6-7-22-16(23-15)25-9-8-24(14(10-21)12-25)11-13-4-2-1-3-5-13/h1-7,14H,8-9,11-12H2. The van der Waals surface area contributed by atoms with E-state index in [1.165, 1.54) is 0 Å². The van der Waals surface area contributed by atoms with Crippen molar-refractivity contribution in [2.24, 2.45) is 0 Å². The van der Waals surface area contributed by atoms with Crippen molar-refractivity contribution in [2.75, 3.05) is 24.5 Å². The van der Waals surface area contributed by atoms with Crippen molar-refractivity contribution < 1.29 is 13.2 Å². The molecule has 1 aliphatic rings. The Morgan fingerprint density at radius 2 is 1.92 bits per heavy atom. The van der Waals surface area contributed by atoms with Gasteiger partial charge in [0.15, 0.2) is 0 Å². The number of anilines is 1. The number of piperazine rings is 1. The van der Waals surface area contributed by atoms with Crippen LogP contribution in [0.4, 0.5) is 19.1 Å². The van der Waals surface area contributed by atoms with Crippen LogP contribution in [0.25, 0.3) is 0 Å². The van der Waals surface area contributed by atoms with E-state index in [4.69, 9.17) is 0 Å². The predicted octanol–water partition coefficient (Wildman–Crippen LogP) is 2.71. The minimum atomic E-state index is -4.51. The summed E-state index contributed by atoms with van der Waals surface area (Å²) in [4.78, 5) is 11.2. The third-order valence-electron chi connectivity index (χ3n) is 4.08. The van der Waals surface area contributed by atoms with E-state index in [0.29, 0.717) is 19.6 Å². The second-order valence-corrected chi connectivity index (χ2v) is 5.79. The van der Waals surface area contributed by atoms with E-state index in [0.717, 1.165) is 17.8 Å². The molecule has 0 radical (unpaired) electrons. The van der Waals surface area contributed by atoms with Gasteiger partial charge in [-0.25, -0.2) is 9.97 Å². The van der Waals surface area contributed by atoms with Gasteiger partial charge >= 0.3 is 6.18 Å².